The highest BCUT2D eigenvalue weighted by Gasteiger charge is 2.75. The van der Waals surface area contributed by atoms with Gasteiger partial charge in [-0.3, -0.25) is 4.90 Å². The summed E-state index contributed by atoms with van der Waals surface area (Å²) in [5.74, 6) is 0.572. The molecule has 6 heteroatoms. The molecule has 2 saturated carbocycles. The van der Waals surface area contributed by atoms with Gasteiger partial charge in [-0.05, 0) is 48.1 Å². The molecule has 0 aromatic heterocycles. The summed E-state index contributed by atoms with van der Waals surface area (Å²) in [5.41, 5.74) is 1.64. The van der Waals surface area contributed by atoms with Crippen LogP contribution in [0.1, 0.15) is 58.1 Å². The van der Waals surface area contributed by atoms with Crippen molar-refractivity contribution in [3.05, 3.63) is 71.8 Å². The lowest BCUT2D eigenvalue weighted by atomic mass is 9.88. The maximum atomic E-state index is 14.0. The predicted molar refractivity (Wildman–Crippen MR) is 138 cm³/mol. The summed E-state index contributed by atoms with van der Waals surface area (Å²) in [6, 6.07) is 18.7. The van der Waals surface area contributed by atoms with E-state index >= 15 is 0 Å². The van der Waals surface area contributed by atoms with Crippen LogP contribution in [0.2, 0.25) is 0 Å². The van der Waals surface area contributed by atoms with Crippen molar-refractivity contribution in [2.45, 2.75) is 77.9 Å². The van der Waals surface area contributed by atoms with Crippen molar-refractivity contribution < 1.29 is 19.1 Å². The average Bonchev–Trinajstić information content (AvgIpc) is 3.23. The van der Waals surface area contributed by atoms with E-state index in [9.17, 15) is 9.59 Å². The average molecular weight is 491 g/mol. The topological polar surface area (TPSA) is 59.1 Å². The lowest BCUT2D eigenvalue weighted by Gasteiger charge is -2.35. The first kappa shape index (κ1) is 24.8. The zero-order chi connectivity index (χ0) is 25.5. The molecule has 1 heterocycles. The molecule has 2 amide bonds. The van der Waals surface area contributed by atoms with Crippen LogP contribution in [-0.2, 0) is 27.4 Å². The van der Waals surface area contributed by atoms with Crippen molar-refractivity contribution in [2.24, 2.45) is 17.3 Å². The molecule has 5 rings (SSSR count). The molecular weight excluding hydrogens is 452 g/mol. The minimum Gasteiger partial charge on any atom is -0.464 e. The quantitative estimate of drug-likeness (QED) is 0.451. The van der Waals surface area contributed by atoms with Gasteiger partial charge in [0.15, 0.2) is 12.3 Å². The molecule has 5 atom stereocenters. The van der Waals surface area contributed by atoms with Crippen LogP contribution in [0.5, 0.6) is 0 Å². The first-order chi connectivity index (χ1) is 17.3. The molecular formula is C30H38N2O4. The second-order valence-electron chi connectivity index (χ2n) is 11.3. The number of hydrogen-bond acceptors (Lipinski definition) is 4. The van der Waals surface area contributed by atoms with E-state index in [0.717, 1.165) is 24.0 Å². The number of ether oxygens (including phenoxy) is 2. The molecule has 192 valence electrons. The van der Waals surface area contributed by atoms with Crippen molar-refractivity contribution in [2.75, 3.05) is 6.61 Å². The van der Waals surface area contributed by atoms with Crippen LogP contribution in [0.3, 0.4) is 0 Å². The number of esters is 1. The first-order valence-corrected chi connectivity index (χ1v) is 13.3. The lowest BCUT2D eigenvalue weighted by molar-refractivity contribution is -0.166. The number of amides is 2. The highest BCUT2D eigenvalue weighted by molar-refractivity contribution is 5.88. The number of nitrogens with zero attached hydrogens (tertiary/aromatic N) is 2. The normalized spacial score (nSPS) is 30.7. The second-order valence-corrected chi connectivity index (χ2v) is 11.3. The number of benzene rings is 2. The fraction of sp³-hybridized carbons (Fsp3) is 0.533. The van der Waals surface area contributed by atoms with Crippen LogP contribution < -0.4 is 0 Å². The molecule has 0 bridgehead atoms. The minimum atomic E-state index is -0.829. The van der Waals surface area contributed by atoms with Crippen molar-refractivity contribution in [1.82, 2.24) is 9.80 Å². The lowest BCUT2D eigenvalue weighted by Crippen LogP contribution is -2.49. The van der Waals surface area contributed by atoms with Crippen LogP contribution in [0.4, 0.5) is 4.79 Å². The summed E-state index contributed by atoms with van der Waals surface area (Å²) < 4.78 is 12.6. The number of rotatable bonds is 8. The molecule has 3 aliphatic rings. The van der Waals surface area contributed by atoms with E-state index in [1.807, 2.05) is 60.7 Å². The molecule has 2 aliphatic carbocycles. The van der Waals surface area contributed by atoms with Crippen molar-refractivity contribution in [3.63, 3.8) is 0 Å². The van der Waals surface area contributed by atoms with Crippen LogP contribution in [0.15, 0.2) is 60.7 Å². The van der Waals surface area contributed by atoms with Crippen molar-refractivity contribution in [3.8, 4) is 0 Å². The van der Waals surface area contributed by atoms with Gasteiger partial charge in [-0.2, -0.15) is 0 Å². The van der Waals surface area contributed by atoms with Gasteiger partial charge >= 0.3 is 12.0 Å². The van der Waals surface area contributed by atoms with Crippen LogP contribution in [0.25, 0.3) is 0 Å². The second kappa shape index (κ2) is 9.55. The fourth-order valence-electron chi connectivity index (χ4n) is 6.69. The van der Waals surface area contributed by atoms with Gasteiger partial charge in [0.25, 0.3) is 0 Å². The Morgan fingerprint density at radius 3 is 2.11 bits per heavy atom. The third kappa shape index (κ3) is 4.19. The molecule has 3 fully saturated rings. The fourth-order valence-corrected chi connectivity index (χ4v) is 6.69. The van der Waals surface area contributed by atoms with Gasteiger partial charge in [0.05, 0.1) is 18.8 Å². The molecule has 6 nitrogen and oxygen atoms in total. The van der Waals surface area contributed by atoms with Gasteiger partial charge in [0.1, 0.15) is 0 Å². The molecule has 3 unspecified atom stereocenters. The molecule has 2 aromatic carbocycles. The van der Waals surface area contributed by atoms with Crippen molar-refractivity contribution >= 4 is 12.0 Å². The Bertz CT molecular complexity index is 1090. The van der Waals surface area contributed by atoms with E-state index in [2.05, 4.69) is 20.8 Å². The maximum Gasteiger partial charge on any atom is 0.333 e. The largest absolute Gasteiger partial charge is 0.464 e. The minimum absolute atomic E-state index is 0.00524. The van der Waals surface area contributed by atoms with Crippen molar-refractivity contribution in [1.29, 1.82) is 0 Å². The smallest absolute Gasteiger partial charge is 0.333 e. The third-order valence-corrected chi connectivity index (χ3v) is 8.70. The Balaban J connectivity index is 1.53. The number of carbonyl (C=O) groups excluding carboxylic acids is 2. The Labute approximate surface area is 214 Å². The summed E-state index contributed by atoms with van der Waals surface area (Å²) in [6.07, 6.45) is 2.54. The van der Waals surface area contributed by atoms with Gasteiger partial charge in [-0.25, -0.2) is 9.59 Å². The molecule has 0 spiro atoms. The summed E-state index contributed by atoms with van der Waals surface area (Å²) in [5, 5.41) is 0. The van der Waals surface area contributed by atoms with Crippen LogP contribution >= 0.6 is 0 Å². The highest BCUT2D eigenvalue weighted by atomic mass is 16.6. The number of fused-ring (bicyclic) bond motifs is 1. The summed E-state index contributed by atoms with van der Waals surface area (Å²) in [6.45, 7) is 9.58. The first-order valence-electron chi connectivity index (χ1n) is 13.3. The van der Waals surface area contributed by atoms with Gasteiger partial charge in [0, 0.05) is 6.54 Å². The monoisotopic (exact) mass is 490 g/mol. The number of carbonyl (C=O) groups is 2. The van der Waals surface area contributed by atoms with E-state index in [0.29, 0.717) is 24.9 Å². The molecule has 36 heavy (non-hydrogen) atoms. The Morgan fingerprint density at radius 2 is 1.53 bits per heavy atom. The van der Waals surface area contributed by atoms with Crippen LogP contribution in [0, 0.1) is 17.3 Å². The number of urea groups is 1. The van der Waals surface area contributed by atoms with Gasteiger partial charge in [-0.1, -0.05) is 87.9 Å². The van der Waals surface area contributed by atoms with Gasteiger partial charge < -0.3 is 14.4 Å². The SMILES string of the molecule is CCOC(=O)[C@@H]1[C@@H](OC23CC(C)CCC2C3(C)C)N(Cc2ccccc2)C(=O)N1Cc1ccccc1. The summed E-state index contributed by atoms with van der Waals surface area (Å²) >= 11 is 0. The molecule has 0 N–H and O–H groups in total. The van der Waals surface area contributed by atoms with E-state index < -0.39 is 18.2 Å². The number of hydrogen-bond donors (Lipinski definition) is 0. The summed E-state index contributed by atoms with van der Waals surface area (Å²) in [7, 11) is 0. The highest BCUT2D eigenvalue weighted by Crippen LogP contribution is 2.71. The summed E-state index contributed by atoms with van der Waals surface area (Å²) in [4.78, 5) is 30.9. The van der Waals surface area contributed by atoms with E-state index in [4.69, 9.17) is 9.47 Å². The molecule has 1 saturated heterocycles. The Hall–Kier alpha value is -2.86. The van der Waals surface area contributed by atoms with Crippen LogP contribution in [-0.4, -0.2) is 46.3 Å². The maximum absolute atomic E-state index is 14.0. The zero-order valence-corrected chi connectivity index (χ0v) is 21.9. The van der Waals surface area contributed by atoms with E-state index in [1.54, 1.807) is 16.7 Å². The standard InChI is InChI=1S/C30H38N2O4/c1-5-35-27(33)25-26(36-30-18-21(2)16-17-24(30)29(30,3)4)32(20-23-14-10-7-11-15-23)28(34)31(25)19-22-12-8-6-9-13-22/h6-15,21,24-26H,5,16-20H2,1-4H3/t21?,24?,25-,26+,30?/m0/s1. The third-order valence-electron chi connectivity index (χ3n) is 8.70. The van der Waals surface area contributed by atoms with E-state index in [1.165, 1.54) is 6.42 Å². The molecule has 1 aliphatic heterocycles. The molecule has 0 radical (unpaired) electrons. The zero-order valence-electron chi connectivity index (χ0n) is 21.9. The Kier molecular flexibility index (Phi) is 6.58. The van der Waals surface area contributed by atoms with E-state index in [-0.39, 0.29) is 23.7 Å². The van der Waals surface area contributed by atoms with Gasteiger partial charge in [-0.15, -0.1) is 0 Å². The van der Waals surface area contributed by atoms with Gasteiger partial charge in [0.2, 0.25) is 0 Å². The Morgan fingerprint density at radius 1 is 0.944 bits per heavy atom. The molecule has 2 aromatic rings. The predicted octanol–water partition coefficient (Wildman–Crippen LogP) is 5.61.